The van der Waals surface area contributed by atoms with Crippen molar-refractivity contribution in [2.45, 2.75) is 32.8 Å². The number of aromatic hydroxyl groups is 1. The Labute approximate surface area is 167 Å². The first-order valence-electron chi connectivity index (χ1n) is 8.64. The van der Waals surface area contributed by atoms with Gasteiger partial charge >= 0.3 is 0 Å². The van der Waals surface area contributed by atoms with E-state index in [9.17, 15) is 5.11 Å². The fraction of sp³-hybridized carbons (Fsp3) is 0.250. The molecule has 0 bridgehead atoms. The van der Waals surface area contributed by atoms with Gasteiger partial charge in [-0.05, 0) is 61.1 Å². The van der Waals surface area contributed by atoms with Crippen LogP contribution in [-0.4, -0.2) is 20.3 Å². The molecule has 5 nitrogen and oxygen atoms in total. The molecule has 1 aromatic heterocycles. The van der Waals surface area contributed by atoms with Crippen LogP contribution in [0.15, 0.2) is 30.5 Å². The first-order chi connectivity index (χ1) is 13.0. The average molecular weight is 402 g/mol. The molecule has 1 heterocycles. The second kappa shape index (κ2) is 7.33. The van der Waals surface area contributed by atoms with Crippen molar-refractivity contribution in [3.05, 3.63) is 63.0 Å². The van der Waals surface area contributed by atoms with E-state index in [1.54, 1.807) is 18.3 Å². The van der Waals surface area contributed by atoms with Gasteiger partial charge in [0.2, 0.25) is 0 Å². The van der Waals surface area contributed by atoms with Gasteiger partial charge in [0.15, 0.2) is 11.6 Å². The number of hydrogen-bond donors (Lipinski definition) is 1. The van der Waals surface area contributed by atoms with Gasteiger partial charge < -0.3 is 9.84 Å². The van der Waals surface area contributed by atoms with Crippen LogP contribution in [0.1, 0.15) is 28.9 Å². The molecule has 7 heteroatoms. The second-order valence-corrected chi connectivity index (χ2v) is 7.34. The average Bonchev–Trinajstić information content (AvgIpc) is 3.17. The Balaban J connectivity index is 1.50. The standard InChI is InChI=1S/C20H17Cl2N3O2/c1-11-5-6-18(14-4-2-3-13(11)14)27-10-19-23-9-17(24-25-19)12-7-15(21)20(26)16(22)8-12/h5-9,26H,2-4,10H2,1H3. The predicted octanol–water partition coefficient (Wildman–Crippen LogP) is 4.93. The molecule has 0 radical (unpaired) electrons. The predicted molar refractivity (Wildman–Crippen MR) is 104 cm³/mol. The van der Waals surface area contributed by atoms with Crippen LogP contribution in [0.4, 0.5) is 0 Å². The molecule has 1 aliphatic carbocycles. The summed E-state index contributed by atoms with van der Waals surface area (Å²) >= 11 is 11.9. The number of fused-ring (bicyclic) bond motifs is 1. The van der Waals surface area contributed by atoms with Crippen molar-refractivity contribution in [2.24, 2.45) is 0 Å². The number of phenolic OH excluding ortho intramolecular Hbond substituents is 1. The summed E-state index contributed by atoms with van der Waals surface area (Å²) in [6, 6.07) is 7.25. The van der Waals surface area contributed by atoms with Crippen molar-refractivity contribution in [1.29, 1.82) is 0 Å². The van der Waals surface area contributed by atoms with E-state index in [2.05, 4.69) is 28.2 Å². The third-order valence-electron chi connectivity index (χ3n) is 4.75. The van der Waals surface area contributed by atoms with Crippen molar-refractivity contribution < 1.29 is 9.84 Å². The van der Waals surface area contributed by atoms with Gasteiger partial charge in [-0.1, -0.05) is 29.3 Å². The zero-order valence-corrected chi connectivity index (χ0v) is 16.2. The van der Waals surface area contributed by atoms with Crippen LogP contribution in [0.5, 0.6) is 11.5 Å². The fourth-order valence-corrected chi connectivity index (χ4v) is 3.83. The lowest BCUT2D eigenvalue weighted by atomic mass is 10.0. The van der Waals surface area contributed by atoms with Gasteiger partial charge in [-0.15, -0.1) is 10.2 Å². The number of rotatable bonds is 4. The van der Waals surface area contributed by atoms with Gasteiger partial charge in [0.05, 0.1) is 16.2 Å². The molecule has 3 aromatic rings. The number of halogens is 2. The van der Waals surface area contributed by atoms with Crippen molar-refractivity contribution in [1.82, 2.24) is 15.2 Å². The van der Waals surface area contributed by atoms with Crippen molar-refractivity contribution in [3.8, 4) is 22.8 Å². The molecular weight excluding hydrogens is 385 g/mol. The molecule has 0 amide bonds. The summed E-state index contributed by atoms with van der Waals surface area (Å²) in [6.45, 7) is 2.39. The Morgan fingerprint density at radius 1 is 1.07 bits per heavy atom. The van der Waals surface area contributed by atoms with E-state index in [0.29, 0.717) is 17.1 Å². The Morgan fingerprint density at radius 3 is 2.52 bits per heavy atom. The maximum Gasteiger partial charge on any atom is 0.188 e. The first-order valence-corrected chi connectivity index (χ1v) is 9.39. The highest BCUT2D eigenvalue weighted by atomic mass is 35.5. The zero-order chi connectivity index (χ0) is 19.0. The fourth-order valence-electron chi connectivity index (χ4n) is 3.34. The lowest BCUT2D eigenvalue weighted by molar-refractivity contribution is 0.291. The van der Waals surface area contributed by atoms with Gasteiger partial charge in [0.25, 0.3) is 0 Å². The highest BCUT2D eigenvalue weighted by Gasteiger charge is 2.18. The molecule has 138 valence electrons. The number of aryl methyl sites for hydroxylation is 1. The van der Waals surface area contributed by atoms with Gasteiger partial charge in [0, 0.05) is 5.56 Å². The largest absolute Gasteiger partial charge is 0.505 e. The van der Waals surface area contributed by atoms with E-state index in [1.807, 2.05) is 6.07 Å². The van der Waals surface area contributed by atoms with Crippen LogP contribution in [-0.2, 0) is 19.4 Å². The zero-order valence-electron chi connectivity index (χ0n) is 14.7. The Hall–Kier alpha value is -2.37. The van der Waals surface area contributed by atoms with Crippen molar-refractivity contribution >= 4 is 23.2 Å². The minimum Gasteiger partial charge on any atom is -0.505 e. The Bertz CT molecular complexity index is 984. The lowest BCUT2D eigenvalue weighted by Crippen LogP contribution is -2.05. The summed E-state index contributed by atoms with van der Waals surface area (Å²) in [6.07, 6.45) is 4.92. The topological polar surface area (TPSA) is 68.1 Å². The van der Waals surface area contributed by atoms with Crippen LogP contribution in [0.25, 0.3) is 11.3 Å². The maximum atomic E-state index is 9.65. The Kier molecular flexibility index (Phi) is 4.89. The number of phenols is 1. The van der Waals surface area contributed by atoms with Gasteiger partial charge in [0.1, 0.15) is 18.1 Å². The van der Waals surface area contributed by atoms with Gasteiger partial charge in [-0.3, -0.25) is 0 Å². The van der Waals surface area contributed by atoms with Gasteiger partial charge in [-0.2, -0.15) is 0 Å². The summed E-state index contributed by atoms with van der Waals surface area (Å²) in [5.74, 6) is 1.23. The van der Waals surface area contributed by atoms with Crippen LogP contribution in [0.2, 0.25) is 10.0 Å². The van der Waals surface area contributed by atoms with E-state index in [0.717, 1.165) is 18.6 Å². The molecule has 1 aliphatic rings. The quantitative estimate of drug-likeness (QED) is 0.671. The molecule has 2 aromatic carbocycles. The molecule has 0 saturated heterocycles. The number of benzene rings is 2. The molecule has 27 heavy (non-hydrogen) atoms. The van der Waals surface area contributed by atoms with E-state index < -0.39 is 0 Å². The number of hydrogen-bond acceptors (Lipinski definition) is 5. The molecule has 1 N–H and O–H groups in total. The summed E-state index contributed by atoms with van der Waals surface area (Å²) in [7, 11) is 0. The highest BCUT2D eigenvalue weighted by Crippen LogP contribution is 2.36. The first kappa shape index (κ1) is 18.0. The third kappa shape index (κ3) is 3.57. The third-order valence-corrected chi connectivity index (χ3v) is 5.33. The summed E-state index contributed by atoms with van der Waals surface area (Å²) < 4.78 is 5.95. The molecule has 0 fully saturated rings. The van der Waals surface area contributed by atoms with E-state index in [-0.39, 0.29) is 22.4 Å². The van der Waals surface area contributed by atoms with Crippen LogP contribution in [0, 0.1) is 6.92 Å². The SMILES string of the molecule is Cc1ccc(OCc2ncc(-c3cc(Cl)c(O)c(Cl)c3)nn2)c2c1CCC2. The van der Waals surface area contributed by atoms with E-state index in [4.69, 9.17) is 27.9 Å². The molecule has 0 spiro atoms. The maximum absolute atomic E-state index is 9.65. The molecule has 0 atom stereocenters. The van der Waals surface area contributed by atoms with Crippen molar-refractivity contribution in [3.63, 3.8) is 0 Å². The number of ether oxygens (including phenoxy) is 1. The molecular formula is C20H17Cl2N3O2. The second-order valence-electron chi connectivity index (χ2n) is 6.53. The summed E-state index contributed by atoms with van der Waals surface area (Å²) in [5.41, 5.74) is 5.17. The molecule has 0 unspecified atom stereocenters. The van der Waals surface area contributed by atoms with Crippen LogP contribution in [0.3, 0.4) is 0 Å². The van der Waals surface area contributed by atoms with Crippen LogP contribution < -0.4 is 4.74 Å². The molecule has 4 rings (SSSR count). The van der Waals surface area contributed by atoms with Crippen molar-refractivity contribution in [2.75, 3.05) is 0 Å². The molecule has 0 saturated carbocycles. The minimum absolute atomic E-state index is 0.153. The molecule has 0 aliphatic heterocycles. The summed E-state index contributed by atoms with van der Waals surface area (Å²) in [5, 5.41) is 18.3. The minimum atomic E-state index is -0.154. The van der Waals surface area contributed by atoms with Gasteiger partial charge in [-0.25, -0.2) is 4.98 Å². The van der Waals surface area contributed by atoms with Crippen LogP contribution >= 0.6 is 23.2 Å². The van der Waals surface area contributed by atoms with E-state index >= 15 is 0 Å². The monoisotopic (exact) mass is 401 g/mol. The highest BCUT2D eigenvalue weighted by molar-refractivity contribution is 6.37. The Morgan fingerprint density at radius 2 is 1.81 bits per heavy atom. The van der Waals surface area contributed by atoms with E-state index in [1.165, 1.54) is 23.1 Å². The number of aromatic nitrogens is 3. The summed E-state index contributed by atoms with van der Waals surface area (Å²) in [4.78, 5) is 4.32. The number of nitrogens with zero attached hydrogens (tertiary/aromatic N) is 3. The normalized spacial score (nSPS) is 12.9. The smallest absolute Gasteiger partial charge is 0.188 e. The lowest BCUT2D eigenvalue weighted by Gasteiger charge is -2.12.